The van der Waals surface area contributed by atoms with Crippen molar-refractivity contribution in [3.05, 3.63) is 54.0 Å². The van der Waals surface area contributed by atoms with E-state index >= 15 is 0 Å². The van der Waals surface area contributed by atoms with Gasteiger partial charge in [0.2, 0.25) is 5.91 Å². The Hall–Kier alpha value is -2.69. The van der Waals surface area contributed by atoms with E-state index in [4.69, 9.17) is 4.98 Å². The van der Waals surface area contributed by atoms with Crippen LogP contribution in [0.3, 0.4) is 0 Å². The molecule has 28 heavy (non-hydrogen) atoms. The van der Waals surface area contributed by atoms with E-state index in [-0.39, 0.29) is 23.1 Å². The van der Waals surface area contributed by atoms with Crippen molar-refractivity contribution in [2.24, 2.45) is 11.3 Å². The Morgan fingerprint density at radius 2 is 1.89 bits per heavy atom. The lowest BCUT2D eigenvalue weighted by Crippen LogP contribution is -2.19. The molecule has 1 aromatic carbocycles. The number of benzene rings is 1. The van der Waals surface area contributed by atoms with Crippen LogP contribution in [0.5, 0.6) is 0 Å². The smallest absolute Gasteiger partial charge is 0.225 e. The highest BCUT2D eigenvalue weighted by atomic mass is 19.1. The van der Waals surface area contributed by atoms with E-state index < -0.39 is 0 Å². The molecule has 0 saturated heterocycles. The average Bonchev–Trinajstić information content (AvgIpc) is 2.91. The predicted octanol–water partition coefficient (Wildman–Crippen LogP) is 5.85. The molecule has 0 bridgehead atoms. The number of hydrogen-bond acceptors (Lipinski definition) is 2. The van der Waals surface area contributed by atoms with Gasteiger partial charge in [-0.2, -0.15) is 0 Å². The first kappa shape index (κ1) is 20.1. The molecule has 1 N–H and O–H groups in total. The molecule has 0 saturated carbocycles. The minimum absolute atomic E-state index is 0.0394. The van der Waals surface area contributed by atoms with E-state index in [9.17, 15) is 9.18 Å². The zero-order valence-electron chi connectivity index (χ0n) is 17.2. The van der Waals surface area contributed by atoms with Crippen molar-refractivity contribution in [3.63, 3.8) is 0 Å². The SMILES string of the molecule is Cc1ccn2c(NC(=O)C[C@H](C)CC(C)(C)C)c(-c3ccc(F)cc3)nc2c1. The lowest BCUT2D eigenvalue weighted by Gasteiger charge is -2.22. The van der Waals surface area contributed by atoms with E-state index in [1.807, 2.05) is 29.7 Å². The van der Waals surface area contributed by atoms with Crippen molar-refractivity contribution < 1.29 is 9.18 Å². The van der Waals surface area contributed by atoms with Crippen LogP contribution < -0.4 is 5.32 Å². The molecule has 0 radical (unpaired) electrons. The van der Waals surface area contributed by atoms with Crippen LogP contribution >= 0.6 is 0 Å². The molecule has 0 fully saturated rings. The Morgan fingerprint density at radius 3 is 2.54 bits per heavy atom. The maximum atomic E-state index is 13.4. The van der Waals surface area contributed by atoms with Gasteiger partial charge in [0, 0.05) is 18.2 Å². The Kier molecular flexibility index (Phi) is 5.54. The molecule has 2 heterocycles. The molecule has 2 aromatic heterocycles. The summed E-state index contributed by atoms with van der Waals surface area (Å²) in [6.45, 7) is 10.6. The van der Waals surface area contributed by atoms with Gasteiger partial charge in [0.1, 0.15) is 23.0 Å². The van der Waals surface area contributed by atoms with E-state index in [0.29, 0.717) is 17.9 Å². The van der Waals surface area contributed by atoms with Gasteiger partial charge in [-0.15, -0.1) is 0 Å². The number of amides is 1. The number of anilines is 1. The van der Waals surface area contributed by atoms with Crippen molar-refractivity contribution in [2.45, 2.75) is 47.5 Å². The molecule has 3 rings (SSSR count). The second kappa shape index (κ2) is 7.74. The number of rotatable bonds is 5. The van der Waals surface area contributed by atoms with Gasteiger partial charge >= 0.3 is 0 Å². The Morgan fingerprint density at radius 1 is 1.21 bits per heavy atom. The summed E-state index contributed by atoms with van der Waals surface area (Å²) in [6.07, 6.45) is 3.32. The highest BCUT2D eigenvalue weighted by Crippen LogP contribution is 2.30. The molecule has 0 aliphatic carbocycles. The number of fused-ring (bicyclic) bond motifs is 1. The molecule has 4 nitrogen and oxygen atoms in total. The normalized spacial score (nSPS) is 12.9. The van der Waals surface area contributed by atoms with Crippen LogP contribution in [0.25, 0.3) is 16.9 Å². The van der Waals surface area contributed by atoms with E-state index in [1.54, 1.807) is 12.1 Å². The molecule has 1 amide bonds. The van der Waals surface area contributed by atoms with Crippen LogP contribution in [0.2, 0.25) is 0 Å². The molecule has 5 heteroatoms. The number of nitrogens with one attached hydrogen (secondary N) is 1. The van der Waals surface area contributed by atoms with Gasteiger partial charge in [-0.25, -0.2) is 9.37 Å². The number of carbonyl (C=O) groups excluding carboxylic acids is 1. The zero-order chi connectivity index (χ0) is 20.5. The van der Waals surface area contributed by atoms with Crippen LogP contribution in [-0.4, -0.2) is 15.3 Å². The van der Waals surface area contributed by atoms with Gasteiger partial charge in [-0.3, -0.25) is 9.20 Å². The van der Waals surface area contributed by atoms with E-state index in [0.717, 1.165) is 23.2 Å². The fourth-order valence-corrected chi connectivity index (χ4v) is 3.69. The maximum Gasteiger partial charge on any atom is 0.225 e. The number of imidazole rings is 1. The first-order valence-electron chi connectivity index (χ1n) is 9.67. The van der Waals surface area contributed by atoms with Crippen LogP contribution in [0.15, 0.2) is 42.6 Å². The van der Waals surface area contributed by atoms with Crippen LogP contribution in [0.1, 0.15) is 46.1 Å². The van der Waals surface area contributed by atoms with Gasteiger partial charge in [0.15, 0.2) is 0 Å². The number of aryl methyl sites for hydroxylation is 1. The highest BCUT2D eigenvalue weighted by Gasteiger charge is 2.20. The standard InChI is InChI=1S/C23H28FN3O/c1-15-10-11-27-19(12-15)25-21(17-6-8-18(24)9-7-17)22(27)26-20(28)13-16(2)14-23(3,4)5/h6-12,16H,13-14H2,1-5H3,(H,26,28)/t16-/m0/s1. The molecule has 0 aliphatic heterocycles. The Bertz CT molecular complexity index is 983. The van der Waals surface area contributed by atoms with Crippen molar-refractivity contribution in [1.82, 2.24) is 9.38 Å². The highest BCUT2D eigenvalue weighted by molar-refractivity contribution is 5.94. The van der Waals surface area contributed by atoms with E-state index in [1.165, 1.54) is 12.1 Å². The largest absolute Gasteiger partial charge is 0.310 e. The third-order valence-electron chi connectivity index (χ3n) is 4.65. The topological polar surface area (TPSA) is 46.4 Å². The Balaban J connectivity index is 1.93. The fraction of sp³-hybridized carbons (Fsp3) is 0.391. The first-order chi connectivity index (χ1) is 13.1. The van der Waals surface area contributed by atoms with Gasteiger partial charge in [0.05, 0.1) is 0 Å². The zero-order valence-corrected chi connectivity index (χ0v) is 17.2. The fourth-order valence-electron chi connectivity index (χ4n) is 3.69. The summed E-state index contributed by atoms with van der Waals surface area (Å²) >= 11 is 0. The molecule has 1 atom stereocenters. The summed E-state index contributed by atoms with van der Waals surface area (Å²) in [6, 6.07) is 10.1. The summed E-state index contributed by atoms with van der Waals surface area (Å²) in [5.41, 5.74) is 3.42. The summed E-state index contributed by atoms with van der Waals surface area (Å²) in [7, 11) is 0. The van der Waals surface area contributed by atoms with Gasteiger partial charge in [-0.1, -0.05) is 27.7 Å². The number of aromatic nitrogens is 2. The van der Waals surface area contributed by atoms with E-state index in [2.05, 4.69) is 33.0 Å². The summed E-state index contributed by atoms with van der Waals surface area (Å²) < 4.78 is 15.2. The maximum absolute atomic E-state index is 13.4. The second-order valence-electron chi connectivity index (χ2n) is 8.87. The number of hydrogen-bond donors (Lipinski definition) is 1. The lowest BCUT2D eigenvalue weighted by atomic mass is 9.84. The molecule has 0 aliphatic rings. The van der Waals surface area contributed by atoms with Crippen molar-refractivity contribution in [3.8, 4) is 11.3 Å². The van der Waals surface area contributed by atoms with Crippen molar-refractivity contribution in [2.75, 3.05) is 5.32 Å². The predicted molar refractivity (Wildman–Crippen MR) is 112 cm³/mol. The van der Waals surface area contributed by atoms with Crippen molar-refractivity contribution >= 4 is 17.4 Å². The Labute approximate surface area is 165 Å². The average molecular weight is 381 g/mol. The molecular formula is C23H28FN3O. The number of halogens is 1. The van der Waals surface area contributed by atoms with Crippen molar-refractivity contribution in [1.29, 1.82) is 0 Å². The van der Waals surface area contributed by atoms with Crippen LogP contribution in [0, 0.1) is 24.1 Å². The van der Waals surface area contributed by atoms with Crippen LogP contribution in [-0.2, 0) is 4.79 Å². The first-order valence-corrected chi connectivity index (χ1v) is 9.67. The molecule has 0 spiro atoms. The molecule has 0 unspecified atom stereocenters. The summed E-state index contributed by atoms with van der Waals surface area (Å²) in [4.78, 5) is 17.4. The summed E-state index contributed by atoms with van der Waals surface area (Å²) in [5, 5.41) is 3.05. The third kappa shape index (κ3) is 4.77. The van der Waals surface area contributed by atoms with Gasteiger partial charge in [-0.05, 0) is 66.6 Å². The second-order valence-corrected chi connectivity index (χ2v) is 8.87. The molecule has 148 valence electrons. The summed E-state index contributed by atoms with van der Waals surface area (Å²) in [5.74, 6) is 0.553. The molecular weight excluding hydrogens is 353 g/mol. The number of pyridine rings is 1. The molecule has 3 aromatic rings. The minimum Gasteiger partial charge on any atom is -0.310 e. The third-order valence-corrected chi connectivity index (χ3v) is 4.65. The number of carbonyl (C=O) groups is 1. The minimum atomic E-state index is -0.301. The van der Waals surface area contributed by atoms with Gasteiger partial charge < -0.3 is 5.32 Å². The lowest BCUT2D eigenvalue weighted by molar-refractivity contribution is -0.117. The monoisotopic (exact) mass is 381 g/mol. The number of nitrogens with zero attached hydrogens (tertiary/aromatic N) is 2. The van der Waals surface area contributed by atoms with Gasteiger partial charge in [0.25, 0.3) is 0 Å². The van der Waals surface area contributed by atoms with Crippen LogP contribution in [0.4, 0.5) is 10.2 Å². The quantitative estimate of drug-likeness (QED) is 0.602.